The highest BCUT2D eigenvalue weighted by Crippen LogP contribution is 2.46. The summed E-state index contributed by atoms with van der Waals surface area (Å²) in [5.41, 5.74) is 1.41. The maximum Gasteiger partial charge on any atom is 0.232 e. The van der Waals surface area contributed by atoms with Crippen molar-refractivity contribution in [1.29, 1.82) is 0 Å². The van der Waals surface area contributed by atoms with E-state index in [1.807, 2.05) is 25.1 Å². The Labute approximate surface area is 107 Å². The zero-order chi connectivity index (χ0) is 12.8. The van der Waals surface area contributed by atoms with E-state index in [0.717, 1.165) is 30.6 Å². The van der Waals surface area contributed by atoms with Gasteiger partial charge in [-0.15, -0.1) is 0 Å². The minimum atomic E-state index is -0.315. The van der Waals surface area contributed by atoms with Crippen LogP contribution in [0.5, 0.6) is 5.75 Å². The molecule has 1 saturated carbocycles. The van der Waals surface area contributed by atoms with Crippen LogP contribution in [0, 0.1) is 5.41 Å². The molecule has 2 unspecified atom stereocenters. The largest absolute Gasteiger partial charge is 0.494 e. The van der Waals surface area contributed by atoms with Crippen molar-refractivity contribution in [3.8, 4) is 5.75 Å². The summed E-state index contributed by atoms with van der Waals surface area (Å²) in [4.78, 5) is 12.4. The van der Waals surface area contributed by atoms with Crippen LogP contribution in [-0.2, 0) is 4.79 Å². The van der Waals surface area contributed by atoms with Gasteiger partial charge in [-0.25, -0.2) is 0 Å². The summed E-state index contributed by atoms with van der Waals surface area (Å²) in [6.45, 7) is 2.05. The van der Waals surface area contributed by atoms with E-state index in [1.165, 1.54) is 0 Å². The second kappa shape index (κ2) is 3.90. The molecular weight excluding hydrogens is 228 g/mol. The molecule has 0 aromatic heterocycles. The zero-order valence-electron chi connectivity index (χ0n) is 10.7. The van der Waals surface area contributed by atoms with Gasteiger partial charge in [0, 0.05) is 6.04 Å². The van der Waals surface area contributed by atoms with E-state index >= 15 is 0 Å². The molecule has 4 heteroatoms. The smallest absolute Gasteiger partial charge is 0.232 e. The fourth-order valence-corrected chi connectivity index (χ4v) is 3.06. The monoisotopic (exact) mass is 246 g/mol. The van der Waals surface area contributed by atoms with Crippen LogP contribution >= 0.6 is 0 Å². The van der Waals surface area contributed by atoms with Crippen molar-refractivity contribution in [1.82, 2.24) is 0 Å². The number of fused-ring (bicyclic) bond motifs is 2. The summed E-state index contributed by atoms with van der Waals surface area (Å²) in [6.07, 6.45) is 3.08. The van der Waals surface area contributed by atoms with Crippen LogP contribution in [0.15, 0.2) is 18.2 Å². The first-order valence-electron chi connectivity index (χ1n) is 6.40. The number of carbonyl (C=O) groups is 1. The number of nitrogens with one attached hydrogen (secondary N) is 2. The predicted octanol–water partition coefficient (Wildman–Crippen LogP) is 2.62. The van der Waals surface area contributed by atoms with Crippen LogP contribution in [0.25, 0.3) is 0 Å². The molecule has 1 fully saturated rings. The van der Waals surface area contributed by atoms with Gasteiger partial charge < -0.3 is 15.4 Å². The maximum absolute atomic E-state index is 12.4. The van der Waals surface area contributed by atoms with Crippen molar-refractivity contribution < 1.29 is 9.53 Å². The molecule has 0 radical (unpaired) electrons. The maximum atomic E-state index is 12.4. The fourth-order valence-electron chi connectivity index (χ4n) is 3.06. The minimum Gasteiger partial charge on any atom is -0.494 e. The Balaban J connectivity index is 2.08. The second-order valence-corrected chi connectivity index (χ2v) is 5.34. The third-order valence-corrected chi connectivity index (χ3v) is 4.29. The van der Waals surface area contributed by atoms with Crippen LogP contribution in [0.3, 0.4) is 0 Å². The number of hydrogen-bond acceptors (Lipinski definition) is 3. The molecular formula is C14H18N2O2. The first-order valence-corrected chi connectivity index (χ1v) is 6.40. The number of anilines is 2. The Morgan fingerprint density at radius 1 is 1.44 bits per heavy atom. The van der Waals surface area contributed by atoms with E-state index in [4.69, 9.17) is 4.74 Å². The van der Waals surface area contributed by atoms with Gasteiger partial charge in [0.25, 0.3) is 0 Å². The number of benzene rings is 1. The number of rotatable bonds is 1. The molecule has 2 aliphatic rings. The molecule has 3 rings (SSSR count). The molecule has 0 bridgehead atoms. The van der Waals surface area contributed by atoms with Gasteiger partial charge in [-0.3, -0.25) is 4.79 Å². The van der Waals surface area contributed by atoms with Crippen LogP contribution in [0.1, 0.15) is 26.2 Å². The Kier molecular flexibility index (Phi) is 2.47. The van der Waals surface area contributed by atoms with Gasteiger partial charge in [-0.05, 0) is 31.9 Å². The third-order valence-electron chi connectivity index (χ3n) is 4.29. The number of carbonyl (C=O) groups excluding carboxylic acids is 1. The lowest BCUT2D eigenvalue weighted by Gasteiger charge is -2.27. The highest BCUT2D eigenvalue weighted by Gasteiger charge is 2.47. The molecule has 96 valence electrons. The number of ether oxygens (including phenoxy) is 1. The van der Waals surface area contributed by atoms with Gasteiger partial charge in [-0.2, -0.15) is 0 Å². The lowest BCUT2D eigenvalue weighted by molar-refractivity contribution is -0.124. The van der Waals surface area contributed by atoms with E-state index in [9.17, 15) is 4.79 Å². The van der Waals surface area contributed by atoms with Gasteiger partial charge in [0.1, 0.15) is 11.4 Å². The molecule has 1 aromatic carbocycles. The molecule has 2 atom stereocenters. The third kappa shape index (κ3) is 1.48. The van der Waals surface area contributed by atoms with E-state index in [0.29, 0.717) is 5.75 Å². The molecule has 0 spiro atoms. The van der Waals surface area contributed by atoms with Crippen molar-refractivity contribution in [2.24, 2.45) is 5.41 Å². The van der Waals surface area contributed by atoms with Crippen molar-refractivity contribution in [3.05, 3.63) is 18.2 Å². The summed E-state index contributed by atoms with van der Waals surface area (Å²) >= 11 is 0. The molecule has 0 saturated heterocycles. The summed E-state index contributed by atoms with van der Waals surface area (Å²) in [7, 11) is 1.62. The molecule has 18 heavy (non-hydrogen) atoms. The van der Waals surface area contributed by atoms with Crippen molar-refractivity contribution in [2.75, 3.05) is 17.7 Å². The topological polar surface area (TPSA) is 50.4 Å². The number of amides is 1. The van der Waals surface area contributed by atoms with E-state index in [1.54, 1.807) is 7.11 Å². The number of para-hydroxylation sites is 1. The second-order valence-electron chi connectivity index (χ2n) is 5.34. The Morgan fingerprint density at radius 3 is 3.06 bits per heavy atom. The lowest BCUT2D eigenvalue weighted by atomic mass is 9.84. The SMILES string of the molecule is COc1cccc2c1NC(=O)C1(C)CCCC1N2. The standard InChI is InChI=1S/C14H18N2O2/c1-14-8-4-7-11(14)15-9-5-3-6-10(18-2)12(9)16-13(14)17/h3,5-6,11,15H,4,7-8H2,1-2H3,(H,16,17). The molecule has 1 amide bonds. The van der Waals surface area contributed by atoms with Crippen molar-refractivity contribution >= 4 is 17.3 Å². The van der Waals surface area contributed by atoms with E-state index in [2.05, 4.69) is 10.6 Å². The van der Waals surface area contributed by atoms with Crippen LogP contribution in [0.2, 0.25) is 0 Å². The molecule has 2 N–H and O–H groups in total. The summed E-state index contributed by atoms with van der Waals surface area (Å²) < 4.78 is 5.32. The van der Waals surface area contributed by atoms with E-state index < -0.39 is 0 Å². The van der Waals surface area contributed by atoms with Crippen molar-refractivity contribution in [2.45, 2.75) is 32.2 Å². The van der Waals surface area contributed by atoms with Crippen LogP contribution in [-0.4, -0.2) is 19.1 Å². The van der Waals surface area contributed by atoms with Gasteiger partial charge in [-0.1, -0.05) is 12.5 Å². The fraction of sp³-hybridized carbons (Fsp3) is 0.500. The Morgan fingerprint density at radius 2 is 2.28 bits per heavy atom. The van der Waals surface area contributed by atoms with Crippen LogP contribution < -0.4 is 15.4 Å². The average molecular weight is 246 g/mol. The highest BCUT2D eigenvalue weighted by molar-refractivity contribution is 6.02. The van der Waals surface area contributed by atoms with Gasteiger partial charge in [0.05, 0.1) is 18.2 Å². The lowest BCUT2D eigenvalue weighted by Crippen LogP contribution is -2.41. The molecule has 1 aliphatic heterocycles. The average Bonchev–Trinajstić information content (AvgIpc) is 2.69. The Bertz CT molecular complexity index is 501. The normalized spacial score (nSPS) is 29.7. The van der Waals surface area contributed by atoms with Gasteiger partial charge >= 0.3 is 0 Å². The Hall–Kier alpha value is -1.71. The minimum absolute atomic E-state index is 0.0979. The van der Waals surface area contributed by atoms with Gasteiger partial charge in [0.15, 0.2) is 0 Å². The molecule has 1 heterocycles. The summed E-state index contributed by atoms with van der Waals surface area (Å²) in [5.74, 6) is 0.803. The molecule has 1 aliphatic carbocycles. The summed E-state index contributed by atoms with van der Waals surface area (Å²) in [6, 6.07) is 6.01. The quantitative estimate of drug-likeness (QED) is 0.801. The number of hydrogen-bond donors (Lipinski definition) is 2. The van der Waals surface area contributed by atoms with Crippen LogP contribution in [0.4, 0.5) is 11.4 Å². The van der Waals surface area contributed by atoms with Crippen molar-refractivity contribution in [3.63, 3.8) is 0 Å². The van der Waals surface area contributed by atoms with E-state index in [-0.39, 0.29) is 17.4 Å². The first kappa shape index (κ1) is 11.4. The zero-order valence-corrected chi connectivity index (χ0v) is 10.7. The molecule has 4 nitrogen and oxygen atoms in total. The molecule has 1 aromatic rings. The van der Waals surface area contributed by atoms with Gasteiger partial charge in [0.2, 0.25) is 5.91 Å². The first-order chi connectivity index (χ1) is 8.65. The summed E-state index contributed by atoms with van der Waals surface area (Å²) in [5, 5.41) is 6.53. The number of methoxy groups -OCH3 is 1. The predicted molar refractivity (Wildman–Crippen MR) is 71.0 cm³/mol. The highest BCUT2D eigenvalue weighted by atomic mass is 16.5.